The molecule has 0 saturated carbocycles. The van der Waals surface area contributed by atoms with Crippen LogP contribution in [0.4, 0.5) is 10.5 Å². The molecule has 0 saturated heterocycles. The van der Waals surface area contributed by atoms with Crippen LogP contribution in [0.25, 0.3) is 0 Å². The van der Waals surface area contributed by atoms with Crippen molar-refractivity contribution in [2.75, 3.05) is 11.9 Å². The molecular formula is C18H17N5O2S. The predicted molar refractivity (Wildman–Crippen MR) is 98.0 cm³/mol. The molecule has 2 rings (SSSR count). The van der Waals surface area contributed by atoms with Gasteiger partial charge < -0.3 is 10.6 Å². The Balaban J connectivity index is 2.24. The molecule has 8 heteroatoms. The maximum absolute atomic E-state index is 12.8. The SMILES string of the molecule is CCN(C#N)C(=O)C(C)(NC(=O)Nc1ccc(C#N)cc1)c1ccsc1. The minimum absolute atomic E-state index is 0.202. The normalized spacial score (nSPS) is 12.2. The van der Waals surface area contributed by atoms with Gasteiger partial charge in [-0.1, -0.05) is 0 Å². The van der Waals surface area contributed by atoms with E-state index in [1.807, 2.05) is 12.3 Å². The monoisotopic (exact) mass is 367 g/mol. The van der Waals surface area contributed by atoms with Crippen LogP contribution in [0, 0.1) is 22.8 Å². The molecule has 3 amide bonds. The smallest absolute Gasteiger partial charge is 0.320 e. The van der Waals surface area contributed by atoms with Crippen LogP contribution in [0.3, 0.4) is 0 Å². The third kappa shape index (κ3) is 4.00. The van der Waals surface area contributed by atoms with Crippen LogP contribution < -0.4 is 10.6 Å². The highest BCUT2D eigenvalue weighted by molar-refractivity contribution is 7.08. The summed E-state index contributed by atoms with van der Waals surface area (Å²) >= 11 is 1.39. The first-order valence-electron chi connectivity index (χ1n) is 7.78. The molecule has 1 heterocycles. The zero-order chi connectivity index (χ0) is 19.2. The van der Waals surface area contributed by atoms with Gasteiger partial charge in [-0.15, -0.1) is 0 Å². The molecule has 0 spiro atoms. The molecular weight excluding hydrogens is 350 g/mol. The molecule has 1 atom stereocenters. The number of hydrogen-bond donors (Lipinski definition) is 2. The van der Waals surface area contributed by atoms with E-state index < -0.39 is 17.5 Å². The minimum Gasteiger partial charge on any atom is -0.320 e. The van der Waals surface area contributed by atoms with E-state index in [2.05, 4.69) is 10.6 Å². The van der Waals surface area contributed by atoms with Gasteiger partial charge in [0.2, 0.25) is 0 Å². The Morgan fingerprint density at radius 3 is 2.42 bits per heavy atom. The summed E-state index contributed by atoms with van der Waals surface area (Å²) in [5.41, 5.74) is 0.162. The summed E-state index contributed by atoms with van der Waals surface area (Å²) in [5, 5.41) is 26.8. The fourth-order valence-corrected chi connectivity index (χ4v) is 3.11. The third-order valence-corrected chi connectivity index (χ3v) is 4.53. The number of carbonyl (C=O) groups is 2. The van der Waals surface area contributed by atoms with Gasteiger partial charge in [0.1, 0.15) is 5.54 Å². The van der Waals surface area contributed by atoms with Gasteiger partial charge in [-0.2, -0.15) is 21.9 Å². The highest BCUT2D eigenvalue weighted by atomic mass is 32.1. The van der Waals surface area contributed by atoms with Gasteiger partial charge in [-0.05, 0) is 60.5 Å². The largest absolute Gasteiger partial charge is 0.320 e. The van der Waals surface area contributed by atoms with Gasteiger partial charge in [0, 0.05) is 12.2 Å². The Morgan fingerprint density at radius 2 is 1.92 bits per heavy atom. The number of hydrogen-bond acceptors (Lipinski definition) is 5. The highest BCUT2D eigenvalue weighted by Crippen LogP contribution is 2.26. The van der Waals surface area contributed by atoms with E-state index >= 15 is 0 Å². The van der Waals surface area contributed by atoms with E-state index in [0.717, 1.165) is 4.90 Å². The van der Waals surface area contributed by atoms with E-state index in [-0.39, 0.29) is 6.54 Å². The average Bonchev–Trinajstić information content (AvgIpc) is 3.18. The number of nitriles is 2. The lowest BCUT2D eigenvalue weighted by Gasteiger charge is -2.31. The van der Waals surface area contributed by atoms with Crippen molar-refractivity contribution in [1.29, 1.82) is 10.5 Å². The number of amides is 3. The molecule has 2 N–H and O–H groups in total. The zero-order valence-corrected chi connectivity index (χ0v) is 15.1. The fourth-order valence-electron chi connectivity index (χ4n) is 2.35. The van der Waals surface area contributed by atoms with Gasteiger partial charge in [0.15, 0.2) is 6.19 Å². The maximum Gasteiger partial charge on any atom is 0.320 e. The Kier molecular flexibility index (Phi) is 5.94. The number of likely N-dealkylation sites (N-methyl/N-ethyl adjacent to an activating group) is 1. The molecule has 0 radical (unpaired) electrons. The molecule has 2 aromatic rings. The van der Waals surface area contributed by atoms with Crippen molar-refractivity contribution in [3.8, 4) is 12.3 Å². The number of thiophene rings is 1. The van der Waals surface area contributed by atoms with E-state index in [1.165, 1.54) is 11.3 Å². The second kappa shape index (κ2) is 8.15. The van der Waals surface area contributed by atoms with Crippen LogP contribution in [0.5, 0.6) is 0 Å². The van der Waals surface area contributed by atoms with Gasteiger partial charge in [-0.3, -0.25) is 4.79 Å². The van der Waals surface area contributed by atoms with Crippen molar-refractivity contribution in [2.45, 2.75) is 19.4 Å². The number of anilines is 1. The summed E-state index contributed by atoms with van der Waals surface area (Å²) in [4.78, 5) is 26.3. The molecule has 0 bridgehead atoms. The van der Waals surface area contributed by atoms with E-state index in [0.29, 0.717) is 16.8 Å². The molecule has 7 nitrogen and oxygen atoms in total. The second-order valence-electron chi connectivity index (χ2n) is 5.55. The highest BCUT2D eigenvalue weighted by Gasteiger charge is 2.40. The molecule has 1 unspecified atom stereocenters. The van der Waals surface area contributed by atoms with Crippen molar-refractivity contribution < 1.29 is 9.59 Å². The van der Waals surface area contributed by atoms with Crippen molar-refractivity contribution in [2.24, 2.45) is 0 Å². The number of urea groups is 1. The van der Waals surface area contributed by atoms with Crippen molar-refractivity contribution >= 4 is 29.0 Å². The van der Waals surface area contributed by atoms with E-state index in [9.17, 15) is 14.9 Å². The zero-order valence-electron chi connectivity index (χ0n) is 14.3. The fraction of sp³-hybridized carbons (Fsp3) is 0.222. The van der Waals surface area contributed by atoms with Gasteiger partial charge in [0.25, 0.3) is 5.91 Å². The van der Waals surface area contributed by atoms with Crippen LogP contribution in [-0.2, 0) is 10.3 Å². The van der Waals surface area contributed by atoms with Crippen LogP contribution in [0.1, 0.15) is 25.0 Å². The molecule has 0 aliphatic heterocycles. The van der Waals surface area contributed by atoms with Crippen LogP contribution in [0.2, 0.25) is 0 Å². The molecule has 132 valence electrons. The number of rotatable bonds is 5. The second-order valence-corrected chi connectivity index (χ2v) is 6.33. The van der Waals surface area contributed by atoms with Crippen LogP contribution in [0.15, 0.2) is 41.1 Å². The van der Waals surface area contributed by atoms with Gasteiger partial charge >= 0.3 is 6.03 Å². The van der Waals surface area contributed by atoms with Gasteiger partial charge in [0.05, 0.1) is 11.6 Å². The number of benzene rings is 1. The van der Waals surface area contributed by atoms with Crippen LogP contribution >= 0.6 is 11.3 Å². The Hall–Kier alpha value is -3.36. The van der Waals surface area contributed by atoms with Gasteiger partial charge in [-0.25, -0.2) is 9.69 Å². The number of nitrogens with zero attached hydrogens (tertiary/aromatic N) is 3. The van der Waals surface area contributed by atoms with E-state index in [1.54, 1.807) is 54.9 Å². The predicted octanol–water partition coefficient (Wildman–Crippen LogP) is 2.99. The minimum atomic E-state index is -1.39. The maximum atomic E-state index is 12.8. The lowest BCUT2D eigenvalue weighted by molar-refractivity contribution is -0.134. The summed E-state index contributed by atoms with van der Waals surface area (Å²) in [6.07, 6.45) is 1.84. The van der Waals surface area contributed by atoms with Crippen molar-refractivity contribution in [1.82, 2.24) is 10.2 Å². The summed E-state index contributed by atoms with van der Waals surface area (Å²) < 4.78 is 0. The molecule has 0 aliphatic rings. The first-order valence-corrected chi connectivity index (χ1v) is 8.72. The van der Waals surface area contributed by atoms with E-state index in [4.69, 9.17) is 5.26 Å². The first-order chi connectivity index (χ1) is 12.4. The average molecular weight is 367 g/mol. The summed E-state index contributed by atoms with van der Waals surface area (Å²) in [6, 6.07) is 9.48. The number of nitrogens with one attached hydrogen (secondary N) is 2. The van der Waals surface area contributed by atoms with Crippen molar-refractivity contribution in [3.63, 3.8) is 0 Å². The lowest BCUT2D eigenvalue weighted by Crippen LogP contribution is -2.55. The Bertz CT molecular complexity index is 864. The summed E-state index contributed by atoms with van der Waals surface area (Å²) in [6.45, 7) is 3.45. The summed E-state index contributed by atoms with van der Waals surface area (Å²) in [7, 11) is 0. The molecule has 26 heavy (non-hydrogen) atoms. The summed E-state index contributed by atoms with van der Waals surface area (Å²) in [5.74, 6) is -0.518. The Labute approximate surface area is 155 Å². The molecule has 1 aromatic heterocycles. The first kappa shape index (κ1) is 19.0. The molecule has 0 aliphatic carbocycles. The molecule has 0 fully saturated rings. The lowest BCUT2D eigenvalue weighted by atomic mass is 9.93. The topological polar surface area (TPSA) is 109 Å². The van der Waals surface area contributed by atoms with Crippen LogP contribution in [-0.4, -0.2) is 23.4 Å². The Morgan fingerprint density at radius 1 is 1.23 bits per heavy atom. The molecule has 1 aromatic carbocycles. The number of carbonyl (C=O) groups excluding carboxylic acids is 2. The third-order valence-electron chi connectivity index (χ3n) is 3.84. The van der Waals surface area contributed by atoms with Crippen molar-refractivity contribution in [3.05, 3.63) is 52.2 Å². The quantitative estimate of drug-likeness (QED) is 0.625. The standard InChI is InChI=1S/C18H17N5O2S/c1-3-23(12-20)16(24)18(2,14-8-9-26-11-14)22-17(25)21-15-6-4-13(10-19)5-7-15/h4-9,11H,3H2,1-2H3,(H2,21,22,25).